The third-order valence-electron chi connectivity index (χ3n) is 5.86. The molecule has 1 aromatic carbocycles. The standard InChI is InChI=1S/C21H33N3O/c1-16(2)17-6-7-20(23-12-8-19(9-13-23)22(3)4)18(14-17)15-21(25)24-10-5-11-24/h6-7,14,16,19H,5,8-13,15H2,1-4H3. The molecule has 0 aliphatic carbocycles. The molecule has 3 rings (SSSR count). The third-order valence-corrected chi connectivity index (χ3v) is 5.86. The summed E-state index contributed by atoms with van der Waals surface area (Å²) in [5.74, 6) is 0.781. The molecule has 0 bridgehead atoms. The van der Waals surface area contributed by atoms with Crippen molar-refractivity contribution in [1.29, 1.82) is 0 Å². The van der Waals surface area contributed by atoms with Crippen molar-refractivity contribution in [3.05, 3.63) is 29.3 Å². The first-order chi connectivity index (χ1) is 12.0. The zero-order valence-electron chi connectivity index (χ0n) is 16.3. The van der Waals surface area contributed by atoms with E-state index in [0.29, 0.717) is 18.4 Å². The molecule has 2 fully saturated rings. The second-order valence-corrected chi connectivity index (χ2v) is 8.14. The minimum Gasteiger partial charge on any atom is -0.371 e. The zero-order chi connectivity index (χ0) is 18.0. The zero-order valence-corrected chi connectivity index (χ0v) is 16.3. The van der Waals surface area contributed by atoms with Crippen LogP contribution in [0.4, 0.5) is 5.69 Å². The van der Waals surface area contributed by atoms with Gasteiger partial charge in [-0.3, -0.25) is 4.79 Å². The summed E-state index contributed by atoms with van der Waals surface area (Å²) in [6, 6.07) is 7.45. The molecule has 0 aromatic heterocycles. The average molecular weight is 344 g/mol. The van der Waals surface area contributed by atoms with Crippen LogP contribution < -0.4 is 4.90 Å². The van der Waals surface area contributed by atoms with Gasteiger partial charge in [-0.05, 0) is 56.5 Å². The molecule has 0 spiro atoms. The lowest BCUT2D eigenvalue weighted by atomic mass is 9.95. The molecule has 1 amide bonds. The molecule has 2 heterocycles. The molecular formula is C21H33N3O. The lowest BCUT2D eigenvalue weighted by Crippen LogP contribution is -2.44. The van der Waals surface area contributed by atoms with Crippen LogP contribution in [0.25, 0.3) is 0 Å². The Hall–Kier alpha value is -1.55. The van der Waals surface area contributed by atoms with Crippen molar-refractivity contribution >= 4 is 11.6 Å². The summed E-state index contributed by atoms with van der Waals surface area (Å²) in [6.45, 7) is 8.47. The normalized spacial score (nSPS) is 18.8. The van der Waals surface area contributed by atoms with Crippen molar-refractivity contribution in [3.63, 3.8) is 0 Å². The minimum absolute atomic E-state index is 0.289. The largest absolute Gasteiger partial charge is 0.371 e. The molecular weight excluding hydrogens is 310 g/mol. The molecule has 0 N–H and O–H groups in total. The van der Waals surface area contributed by atoms with E-state index in [9.17, 15) is 4.79 Å². The molecule has 4 heteroatoms. The van der Waals surface area contributed by atoms with E-state index in [1.54, 1.807) is 0 Å². The number of nitrogens with zero attached hydrogens (tertiary/aromatic N) is 3. The number of anilines is 1. The van der Waals surface area contributed by atoms with E-state index in [4.69, 9.17) is 0 Å². The number of hydrogen-bond acceptors (Lipinski definition) is 3. The highest BCUT2D eigenvalue weighted by Crippen LogP contribution is 2.29. The predicted molar refractivity (Wildman–Crippen MR) is 104 cm³/mol. The van der Waals surface area contributed by atoms with Crippen LogP contribution >= 0.6 is 0 Å². The van der Waals surface area contributed by atoms with Gasteiger partial charge < -0.3 is 14.7 Å². The molecule has 2 aliphatic heterocycles. The monoisotopic (exact) mass is 343 g/mol. The fraction of sp³-hybridized carbons (Fsp3) is 0.667. The van der Waals surface area contributed by atoms with Crippen LogP contribution in [-0.4, -0.2) is 62.0 Å². The van der Waals surface area contributed by atoms with Gasteiger partial charge in [0.1, 0.15) is 0 Å². The fourth-order valence-corrected chi connectivity index (χ4v) is 3.88. The molecule has 2 aliphatic rings. The van der Waals surface area contributed by atoms with Crippen LogP contribution in [0.15, 0.2) is 18.2 Å². The molecule has 0 unspecified atom stereocenters. The summed E-state index contributed by atoms with van der Waals surface area (Å²) in [4.78, 5) is 19.4. The molecule has 0 radical (unpaired) electrons. The van der Waals surface area contributed by atoms with E-state index >= 15 is 0 Å². The Morgan fingerprint density at radius 2 is 1.84 bits per heavy atom. The first-order valence-electron chi connectivity index (χ1n) is 9.77. The number of likely N-dealkylation sites (tertiary alicyclic amines) is 1. The van der Waals surface area contributed by atoms with Crippen LogP contribution in [0.5, 0.6) is 0 Å². The summed E-state index contributed by atoms with van der Waals surface area (Å²) in [6.07, 6.45) is 4.09. The number of piperidine rings is 1. The quantitative estimate of drug-likeness (QED) is 0.822. The Balaban J connectivity index is 1.78. The Kier molecular flexibility index (Phi) is 5.67. The van der Waals surface area contributed by atoms with Crippen LogP contribution in [0.1, 0.15) is 50.2 Å². The van der Waals surface area contributed by atoms with Gasteiger partial charge in [0, 0.05) is 37.9 Å². The van der Waals surface area contributed by atoms with Crippen LogP contribution in [0.2, 0.25) is 0 Å². The van der Waals surface area contributed by atoms with Crippen LogP contribution in [0, 0.1) is 0 Å². The average Bonchev–Trinajstić information content (AvgIpc) is 2.53. The van der Waals surface area contributed by atoms with Gasteiger partial charge in [-0.2, -0.15) is 0 Å². The summed E-state index contributed by atoms with van der Waals surface area (Å²) >= 11 is 0. The highest BCUT2D eigenvalue weighted by atomic mass is 16.2. The molecule has 0 saturated carbocycles. The van der Waals surface area contributed by atoms with Crippen molar-refractivity contribution < 1.29 is 4.79 Å². The Labute approximate surface area is 152 Å². The lowest BCUT2D eigenvalue weighted by molar-refractivity contribution is -0.133. The Bertz CT molecular complexity index is 599. The molecule has 0 atom stereocenters. The lowest BCUT2D eigenvalue weighted by Gasteiger charge is -2.38. The van der Waals surface area contributed by atoms with Crippen molar-refractivity contribution in [2.75, 3.05) is 45.2 Å². The second-order valence-electron chi connectivity index (χ2n) is 8.14. The molecule has 25 heavy (non-hydrogen) atoms. The molecule has 2 saturated heterocycles. The summed E-state index contributed by atoms with van der Waals surface area (Å²) < 4.78 is 0. The fourth-order valence-electron chi connectivity index (χ4n) is 3.88. The molecule has 138 valence electrons. The predicted octanol–water partition coefficient (Wildman–Crippen LogP) is 3.12. The molecule has 1 aromatic rings. The van der Waals surface area contributed by atoms with Crippen molar-refractivity contribution in [1.82, 2.24) is 9.80 Å². The van der Waals surface area contributed by atoms with Gasteiger partial charge in [0.2, 0.25) is 5.91 Å². The SMILES string of the molecule is CC(C)c1ccc(N2CCC(N(C)C)CC2)c(CC(=O)N2CCC2)c1. The van der Waals surface area contributed by atoms with E-state index in [1.165, 1.54) is 29.7 Å². The highest BCUT2D eigenvalue weighted by Gasteiger charge is 2.25. The Morgan fingerprint density at radius 1 is 1.16 bits per heavy atom. The first kappa shape index (κ1) is 18.2. The smallest absolute Gasteiger partial charge is 0.227 e. The number of carbonyl (C=O) groups is 1. The van der Waals surface area contributed by atoms with E-state index in [-0.39, 0.29) is 5.91 Å². The number of amides is 1. The number of carbonyl (C=O) groups excluding carboxylic acids is 1. The third kappa shape index (κ3) is 4.17. The van der Waals surface area contributed by atoms with Crippen LogP contribution in [0.3, 0.4) is 0 Å². The van der Waals surface area contributed by atoms with Crippen molar-refractivity contribution in [2.24, 2.45) is 0 Å². The van der Waals surface area contributed by atoms with Gasteiger partial charge in [-0.1, -0.05) is 26.0 Å². The number of rotatable bonds is 5. The van der Waals surface area contributed by atoms with Crippen molar-refractivity contribution in [3.8, 4) is 0 Å². The van der Waals surface area contributed by atoms with Gasteiger partial charge >= 0.3 is 0 Å². The van der Waals surface area contributed by atoms with E-state index < -0.39 is 0 Å². The maximum Gasteiger partial charge on any atom is 0.227 e. The van der Waals surface area contributed by atoms with Gasteiger partial charge in [0.25, 0.3) is 0 Å². The van der Waals surface area contributed by atoms with Crippen LogP contribution in [-0.2, 0) is 11.2 Å². The van der Waals surface area contributed by atoms with E-state index in [2.05, 4.69) is 55.9 Å². The topological polar surface area (TPSA) is 26.8 Å². The second kappa shape index (κ2) is 7.77. The van der Waals surface area contributed by atoms with Crippen molar-refractivity contribution in [2.45, 2.75) is 51.5 Å². The highest BCUT2D eigenvalue weighted by molar-refractivity contribution is 5.81. The maximum absolute atomic E-state index is 12.6. The van der Waals surface area contributed by atoms with E-state index in [0.717, 1.165) is 32.6 Å². The summed E-state index contributed by atoms with van der Waals surface area (Å²) in [5, 5.41) is 0. The molecule has 4 nitrogen and oxygen atoms in total. The maximum atomic E-state index is 12.6. The number of hydrogen-bond donors (Lipinski definition) is 0. The summed E-state index contributed by atoms with van der Waals surface area (Å²) in [5.41, 5.74) is 3.82. The summed E-state index contributed by atoms with van der Waals surface area (Å²) in [7, 11) is 4.35. The van der Waals surface area contributed by atoms with E-state index in [1.807, 2.05) is 4.90 Å². The van der Waals surface area contributed by atoms with Gasteiger partial charge in [-0.15, -0.1) is 0 Å². The van der Waals surface area contributed by atoms with Gasteiger partial charge in [0.05, 0.1) is 6.42 Å². The van der Waals surface area contributed by atoms with Gasteiger partial charge in [0.15, 0.2) is 0 Å². The first-order valence-corrected chi connectivity index (χ1v) is 9.77. The Morgan fingerprint density at radius 3 is 2.36 bits per heavy atom. The number of benzene rings is 1. The minimum atomic E-state index is 0.289. The van der Waals surface area contributed by atoms with Gasteiger partial charge in [-0.25, -0.2) is 0 Å².